The topological polar surface area (TPSA) is 46.3 Å². The number of anilines is 1. The van der Waals surface area contributed by atoms with Crippen LogP contribution in [0.2, 0.25) is 0 Å². The van der Waals surface area contributed by atoms with Gasteiger partial charge in [0, 0.05) is 24.3 Å². The lowest BCUT2D eigenvalue weighted by atomic mass is 10.1. The molecule has 0 bridgehead atoms. The van der Waals surface area contributed by atoms with Crippen LogP contribution in [-0.2, 0) is 0 Å². The fourth-order valence-electron chi connectivity index (χ4n) is 2.04. The number of nitrogen functional groups attached to an aromatic ring is 1. The van der Waals surface area contributed by atoms with Crippen molar-refractivity contribution in [3.8, 4) is 0 Å². The molecule has 3 heteroatoms. The van der Waals surface area contributed by atoms with Crippen LogP contribution in [0.25, 0.3) is 0 Å². The number of nitrogens with zero attached hydrogens (tertiary/aromatic N) is 1. The predicted octanol–water partition coefficient (Wildman–Crippen LogP) is 2.37. The second-order valence-electron chi connectivity index (χ2n) is 4.64. The van der Waals surface area contributed by atoms with Crippen LogP contribution in [0.5, 0.6) is 0 Å². The maximum atomic E-state index is 12.3. The molecule has 0 atom stereocenters. The number of benzene rings is 1. The summed E-state index contributed by atoms with van der Waals surface area (Å²) in [5.41, 5.74) is 9.46. The molecule has 0 unspecified atom stereocenters. The molecule has 0 aliphatic carbocycles. The molecule has 0 aromatic heterocycles. The molecule has 1 aliphatic rings. The van der Waals surface area contributed by atoms with E-state index in [1.165, 1.54) is 5.57 Å². The molecule has 1 heterocycles. The summed E-state index contributed by atoms with van der Waals surface area (Å²) in [5.74, 6) is 0.0733. The number of carbonyl (C=O) groups is 1. The van der Waals surface area contributed by atoms with Crippen LogP contribution in [0.3, 0.4) is 0 Å². The first-order valence-electron chi connectivity index (χ1n) is 5.89. The summed E-state index contributed by atoms with van der Waals surface area (Å²) in [7, 11) is 0. The number of carbonyl (C=O) groups excluding carboxylic acids is 1. The minimum Gasteiger partial charge on any atom is -0.398 e. The lowest BCUT2D eigenvalue weighted by molar-refractivity contribution is 0.0766. The Balaban J connectivity index is 2.19. The van der Waals surface area contributed by atoms with Crippen LogP contribution < -0.4 is 5.73 Å². The van der Waals surface area contributed by atoms with Crippen molar-refractivity contribution in [3.05, 3.63) is 41.0 Å². The van der Waals surface area contributed by atoms with Gasteiger partial charge in [0.25, 0.3) is 5.91 Å². The van der Waals surface area contributed by atoms with E-state index in [1.54, 1.807) is 6.07 Å². The molecule has 17 heavy (non-hydrogen) atoms. The van der Waals surface area contributed by atoms with Gasteiger partial charge in [-0.3, -0.25) is 4.79 Å². The molecule has 1 aromatic rings. The minimum absolute atomic E-state index is 0.0733. The molecular formula is C14H18N2O. The molecular weight excluding hydrogens is 212 g/mol. The van der Waals surface area contributed by atoms with Gasteiger partial charge in [-0.05, 0) is 38.0 Å². The van der Waals surface area contributed by atoms with Crippen LogP contribution in [0.1, 0.15) is 29.3 Å². The Morgan fingerprint density at radius 3 is 2.76 bits per heavy atom. The largest absolute Gasteiger partial charge is 0.398 e. The molecule has 2 N–H and O–H groups in total. The third-order valence-electron chi connectivity index (χ3n) is 3.15. The molecule has 0 saturated carbocycles. The van der Waals surface area contributed by atoms with Gasteiger partial charge >= 0.3 is 0 Å². The molecule has 0 spiro atoms. The van der Waals surface area contributed by atoms with Gasteiger partial charge in [0.1, 0.15) is 0 Å². The van der Waals surface area contributed by atoms with Crippen LogP contribution >= 0.6 is 0 Å². The fourth-order valence-corrected chi connectivity index (χ4v) is 2.04. The Morgan fingerprint density at radius 1 is 1.35 bits per heavy atom. The molecule has 1 amide bonds. The molecule has 0 saturated heterocycles. The smallest absolute Gasteiger partial charge is 0.254 e. The fraction of sp³-hybridized carbons (Fsp3) is 0.357. The van der Waals surface area contributed by atoms with Crippen molar-refractivity contribution in [2.75, 3.05) is 18.8 Å². The first-order chi connectivity index (χ1) is 8.08. The van der Waals surface area contributed by atoms with E-state index in [1.807, 2.05) is 24.0 Å². The second kappa shape index (κ2) is 4.62. The Bertz CT molecular complexity index is 477. The van der Waals surface area contributed by atoms with Gasteiger partial charge in [-0.2, -0.15) is 0 Å². The van der Waals surface area contributed by atoms with Crippen LogP contribution in [0, 0.1) is 6.92 Å². The van der Waals surface area contributed by atoms with Gasteiger partial charge in [0.15, 0.2) is 0 Å². The number of aryl methyl sites for hydroxylation is 1. The highest BCUT2D eigenvalue weighted by Crippen LogP contribution is 2.17. The van der Waals surface area contributed by atoms with E-state index in [4.69, 9.17) is 5.73 Å². The number of amides is 1. The lowest BCUT2D eigenvalue weighted by Crippen LogP contribution is -2.35. The average molecular weight is 230 g/mol. The van der Waals surface area contributed by atoms with Crippen molar-refractivity contribution in [2.45, 2.75) is 20.3 Å². The molecule has 90 valence electrons. The molecule has 1 aliphatic heterocycles. The van der Waals surface area contributed by atoms with Gasteiger partial charge in [0.05, 0.1) is 0 Å². The van der Waals surface area contributed by atoms with Gasteiger partial charge in [-0.25, -0.2) is 0 Å². The summed E-state index contributed by atoms with van der Waals surface area (Å²) in [6, 6.07) is 5.52. The summed E-state index contributed by atoms with van der Waals surface area (Å²) >= 11 is 0. The zero-order valence-corrected chi connectivity index (χ0v) is 10.4. The predicted molar refractivity (Wildman–Crippen MR) is 69.9 cm³/mol. The van der Waals surface area contributed by atoms with Gasteiger partial charge < -0.3 is 10.6 Å². The first kappa shape index (κ1) is 11.7. The normalized spacial score (nSPS) is 15.6. The van der Waals surface area contributed by atoms with Crippen molar-refractivity contribution in [2.24, 2.45) is 0 Å². The van der Waals surface area contributed by atoms with Gasteiger partial charge in [-0.15, -0.1) is 0 Å². The first-order valence-corrected chi connectivity index (χ1v) is 5.89. The Morgan fingerprint density at radius 2 is 2.12 bits per heavy atom. The zero-order valence-electron chi connectivity index (χ0n) is 10.4. The maximum absolute atomic E-state index is 12.3. The Hall–Kier alpha value is -1.77. The second-order valence-corrected chi connectivity index (χ2v) is 4.64. The zero-order chi connectivity index (χ0) is 12.4. The van der Waals surface area contributed by atoms with Crippen molar-refractivity contribution in [3.63, 3.8) is 0 Å². The molecule has 0 fully saturated rings. The van der Waals surface area contributed by atoms with E-state index in [9.17, 15) is 4.79 Å². The standard InChI is InChI=1S/C14H18N2O/c1-10-4-3-7-16(9-10)14(17)12-6-5-11(2)13(15)8-12/h4-6,8H,3,7,9,15H2,1-2H3. The third kappa shape index (κ3) is 2.49. The number of nitrogens with two attached hydrogens (primary N) is 1. The highest BCUT2D eigenvalue weighted by atomic mass is 16.2. The SMILES string of the molecule is CC1=CCCN(C(=O)c2ccc(C)c(N)c2)C1. The van der Waals surface area contributed by atoms with Crippen LogP contribution in [-0.4, -0.2) is 23.9 Å². The summed E-state index contributed by atoms with van der Waals surface area (Å²) in [4.78, 5) is 14.1. The number of rotatable bonds is 1. The van der Waals surface area contributed by atoms with Crippen LogP contribution in [0.15, 0.2) is 29.8 Å². The van der Waals surface area contributed by atoms with E-state index >= 15 is 0 Å². The summed E-state index contributed by atoms with van der Waals surface area (Å²) < 4.78 is 0. The maximum Gasteiger partial charge on any atom is 0.254 e. The van der Waals surface area contributed by atoms with E-state index < -0.39 is 0 Å². The van der Waals surface area contributed by atoms with E-state index in [2.05, 4.69) is 13.0 Å². The lowest BCUT2D eigenvalue weighted by Gasteiger charge is -2.26. The van der Waals surface area contributed by atoms with Crippen molar-refractivity contribution >= 4 is 11.6 Å². The Labute approximate surface area is 102 Å². The summed E-state index contributed by atoms with van der Waals surface area (Å²) in [6.45, 7) is 5.52. The molecule has 3 nitrogen and oxygen atoms in total. The van der Waals surface area contributed by atoms with Crippen molar-refractivity contribution in [1.29, 1.82) is 0 Å². The van der Waals surface area contributed by atoms with E-state index in [-0.39, 0.29) is 5.91 Å². The minimum atomic E-state index is 0.0733. The quantitative estimate of drug-likeness (QED) is 0.594. The number of hydrogen-bond acceptors (Lipinski definition) is 2. The average Bonchev–Trinajstić information content (AvgIpc) is 2.32. The molecule has 2 rings (SSSR count). The third-order valence-corrected chi connectivity index (χ3v) is 3.15. The van der Waals surface area contributed by atoms with Gasteiger partial charge in [-0.1, -0.05) is 17.7 Å². The summed E-state index contributed by atoms with van der Waals surface area (Å²) in [5, 5.41) is 0. The van der Waals surface area contributed by atoms with Crippen molar-refractivity contribution in [1.82, 2.24) is 4.90 Å². The summed E-state index contributed by atoms with van der Waals surface area (Å²) in [6.07, 6.45) is 3.13. The van der Waals surface area contributed by atoms with Crippen LogP contribution in [0.4, 0.5) is 5.69 Å². The molecule has 1 aromatic carbocycles. The van der Waals surface area contributed by atoms with Gasteiger partial charge in [0.2, 0.25) is 0 Å². The van der Waals surface area contributed by atoms with Crippen molar-refractivity contribution < 1.29 is 4.79 Å². The Kier molecular flexibility index (Phi) is 3.18. The highest BCUT2D eigenvalue weighted by molar-refractivity contribution is 5.95. The molecule has 0 radical (unpaired) electrons. The highest BCUT2D eigenvalue weighted by Gasteiger charge is 2.18. The van der Waals surface area contributed by atoms with E-state index in [0.29, 0.717) is 11.3 Å². The van der Waals surface area contributed by atoms with E-state index in [0.717, 1.165) is 25.1 Å². The monoisotopic (exact) mass is 230 g/mol. The number of hydrogen-bond donors (Lipinski definition) is 1.